The molecule has 0 radical (unpaired) electrons. The van der Waals surface area contributed by atoms with Crippen LogP contribution < -0.4 is 10.5 Å². The third-order valence-electron chi connectivity index (χ3n) is 3.27. The minimum atomic E-state index is 0.398. The summed E-state index contributed by atoms with van der Waals surface area (Å²) in [5.41, 5.74) is 7.51. The summed E-state index contributed by atoms with van der Waals surface area (Å²) in [5, 5.41) is 0. The van der Waals surface area contributed by atoms with Gasteiger partial charge in [-0.15, -0.1) is 0 Å². The van der Waals surface area contributed by atoms with Crippen molar-refractivity contribution in [3.63, 3.8) is 0 Å². The Balaban J connectivity index is 2.30. The zero-order valence-corrected chi connectivity index (χ0v) is 12.9. The molecule has 0 saturated heterocycles. The van der Waals surface area contributed by atoms with E-state index in [2.05, 4.69) is 31.8 Å². The van der Waals surface area contributed by atoms with Gasteiger partial charge in [-0.25, -0.2) is 0 Å². The number of unbranched alkanes of at least 4 members (excludes halogenated alkanes) is 5. The Morgan fingerprint density at radius 2 is 1.85 bits per heavy atom. The average Bonchev–Trinajstić information content (AvgIpc) is 2.46. The second-order valence-electron chi connectivity index (χ2n) is 5.10. The fraction of sp³-hybridized carbons (Fsp3) is 0.556. The number of hydrogen-bond acceptors (Lipinski definition) is 2. The Kier molecular flexibility index (Phi) is 8.58. The molecule has 2 nitrogen and oxygen atoms in total. The van der Waals surface area contributed by atoms with Crippen LogP contribution in [0, 0.1) is 18.8 Å². The molecular formula is C18H27NO. The van der Waals surface area contributed by atoms with E-state index in [1.54, 1.807) is 0 Å². The summed E-state index contributed by atoms with van der Waals surface area (Å²) in [6.07, 6.45) is 7.73. The van der Waals surface area contributed by atoms with Crippen LogP contribution >= 0.6 is 0 Å². The van der Waals surface area contributed by atoms with Gasteiger partial charge in [0.2, 0.25) is 0 Å². The highest BCUT2D eigenvalue weighted by atomic mass is 16.5. The number of benzene rings is 1. The van der Waals surface area contributed by atoms with Crippen LogP contribution in [0.3, 0.4) is 0 Å². The maximum atomic E-state index is 5.83. The lowest BCUT2D eigenvalue weighted by molar-refractivity contribution is 0.302. The molecule has 0 spiro atoms. The van der Waals surface area contributed by atoms with E-state index >= 15 is 0 Å². The van der Waals surface area contributed by atoms with E-state index in [1.165, 1.54) is 32.1 Å². The van der Waals surface area contributed by atoms with Crippen LogP contribution in [0.4, 0.5) is 0 Å². The Bertz CT molecular complexity index is 442. The highest BCUT2D eigenvalue weighted by Crippen LogP contribution is 2.19. The standard InChI is InChI=1S/C18H27NO/c1-3-4-5-6-7-8-14-20-18-12-11-17(10-9-13-19)15-16(18)2/h11-12,15H,3-8,13-14,19H2,1-2H3. The third kappa shape index (κ3) is 6.63. The third-order valence-corrected chi connectivity index (χ3v) is 3.27. The van der Waals surface area contributed by atoms with Gasteiger partial charge in [-0.05, 0) is 37.1 Å². The molecule has 20 heavy (non-hydrogen) atoms. The normalized spacial score (nSPS) is 9.95. The molecule has 0 bridgehead atoms. The van der Waals surface area contributed by atoms with Crippen LogP contribution in [0.25, 0.3) is 0 Å². The number of aryl methyl sites for hydroxylation is 1. The fourth-order valence-electron chi connectivity index (χ4n) is 2.11. The Morgan fingerprint density at radius 1 is 1.10 bits per heavy atom. The molecule has 1 aromatic rings. The second kappa shape index (κ2) is 10.3. The van der Waals surface area contributed by atoms with E-state index in [9.17, 15) is 0 Å². The van der Waals surface area contributed by atoms with Crippen molar-refractivity contribution in [2.24, 2.45) is 5.73 Å². The number of hydrogen-bond donors (Lipinski definition) is 1. The average molecular weight is 273 g/mol. The lowest BCUT2D eigenvalue weighted by Crippen LogP contribution is -1.99. The molecule has 1 rings (SSSR count). The van der Waals surface area contributed by atoms with Gasteiger partial charge < -0.3 is 10.5 Å². The summed E-state index contributed by atoms with van der Waals surface area (Å²) in [4.78, 5) is 0. The molecule has 2 heteroatoms. The lowest BCUT2D eigenvalue weighted by atomic mass is 10.1. The zero-order valence-electron chi connectivity index (χ0n) is 12.9. The van der Waals surface area contributed by atoms with Crippen molar-refractivity contribution < 1.29 is 4.74 Å². The Hall–Kier alpha value is -1.46. The van der Waals surface area contributed by atoms with E-state index in [0.29, 0.717) is 6.54 Å². The van der Waals surface area contributed by atoms with Gasteiger partial charge in [-0.3, -0.25) is 0 Å². The molecule has 1 aromatic carbocycles. The maximum absolute atomic E-state index is 5.83. The number of ether oxygens (including phenoxy) is 1. The molecule has 110 valence electrons. The predicted molar refractivity (Wildman–Crippen MR) is 86.0 cm³/mol. The highest BCUT2D eigenvalue weighted by molar-refractivity contribution is 5.43. The van der Waals surface area contributed by atoms with Crippen LogP contribution in [0.1, 0.15) is 56.6 Å². The predicted octanol–water partition coefficient (Wildman–Crippen LogP) is 4.04. The van der Waals surface area contributed by atoms with Gasteiger partial charge in [0.1, 0.15) is 5.75 Å². The first kappa shape index (κ1) is 16.6. The van der Waals surface area contributed by atoms with Gasteiger partial charge >= 0.3 is 0 Å². The van der Waals surface area contributed by atoms with Gasteiger partial charge in [-0.1, -0.05) is 50.9 Å². The molecule has 0 fully saturated rings. The molecular weight excluding hydrogens is 246 g/mol. The van der Waals surface area contributed by atoms with E-state index in [-0.39, 0.29) is 0 Å². The summed E-state index contributed by atoms with van der Waals surface area (Å²) < 4.78 is 5.83. The molecule has 0 heterocycles. The van der Waals surface area contributed by atoms with Crippen molar-refractivity contribution in [3.05, 3.63) is 29.3 Å². The van der Waals surface area contributed by atoms with Crippen molar-refractivity contribution in [2.45, 2.75) is 52.4 Å². The Labute approximate surface area is 123 Å². The van der Waals surface area contributed by atoms with Crippen molar-refractivity contribution in [3.8, 4) is 17.6 Å². The van der Waals surface area contributed by atoms with Gasteiger partial charge in [0.05, 0.1) is 13.2 Å². The molecule has 0 aromatic heterocycles. The van der Waals surface area contributed by atoms with E-state index < -0.39 is 0 Å². The second-order valence-corrected chi connectivity index (χ2v) is 5.10. The largest absolute Gasteiger partial charge is 0.493 e. The van der Waals surface area contributed by atoms with Gasteiger partial charge in [0.15, 0.2) is 0 Å². The van der Waals surface area contributed by atoms with Gasteiger partial charge in [0.25, 0.3) is 0 Å². The number of nitrogens with two attached hydrogens (primary N) is 1. The van der Waals surface area contributed by atoms with E-state index in [4.69, 9.17) is 10.5 Å². The first-order valence-corrected chi connectivity index (χ1v) is 7.70. The molecule has 0 aliphatic heterocycles. The van der Waals surface area contributed by atoms with Crippen LogP contribution in [0.2, 0.25) is 0 Å². The summed E-state index contributed by atoms with van der Waals surface area (Å²) >= 11 is 0. The highest BCUT2D eigenvalue weighted by Gasteiger charge is 2.00. The monoisotopic (exact) mass is 273 g/mol. The maximum Gasteiger partial charge on any atom is 0.122 e. The van der Waals surface area contributed by atoms with Crippen LogP contribution in [0.5, 0.6) is 5.75 Å². The Morgan fingerprint density at radius 3 is 2.55 bits per heavy atom. The summed E-state index contributed by atoms with van der Waals surface area (Å²) in [7, 11) is 0. The summed E-state index contributed by atoms with van der Waals surface area (Å²) in [5.74, 6) is 6.87. The first-order chi connectivity index (χ1) is 9.77. The quantitative estimate of drug-likeness (QED) is 0.573. The van der Waals surface area contributed by atoms with Crippen molar-refractivity contribution in [2.75, 3.05) is 13.2 Å². The minimum absolute atomic E-state index is 0.398. The molecule has 0 saturated carbocycles. The van der Waals surface area contributed by atoms with E-state index in [1.807, 2.05) is 12.1 Å². The van der Waals surface area contributed by atoms with Crippen molar-refractivity contribution in [1.29, 1.82) is 0 Å². The van der Waals surface area contributed by atoms with Gasteiger partial charge in [-0.2, -0.15) is 0 Å². The zero-order chi connectivity index (χ0) is 14.6. The summed E-state index contributed by atoms with van der Waals surface area (Å²) in [6, 6.07) is 6.05. The smallest absolute Gasteiger partial charge is 0.122 e. The first-order valence-electron chi connectivity index (χ1n) is 7.70. The number of rotatable bonds is 8. The molecule has 0 aliphatic rings. The van der Waals surface area contributed by atoms with Crippen molar-refractivity contribution in [1.82, 2.24) is 0 Å². The molecule has 0 aliphatic carbocycles. The molecule has 0 atom stereocenters. The van der Waals surface area contributed by atoms with Crippen LogP contribution in [0.15, 0.2) is 18.2 Å². The molecule has 2 N–H and O–H groups in total. The topological polar surface area (TPSA) is 35.2 Å². The van der Waals surface area contributed by atoms with Crippen LogP contribution in [-0.4, -0.2) is 13.2 Å². The van der Waals surface area contributed by atoms with Gasteiger partial charge in [0, 0.05) is 5.56 Å². The van der Waals surface area contributed by atoms with E-state index in [0.717, 1.165) is 29.9 Å². The summed E-state index contributed by atoms with van der Waals surface area (Å²) in [6.45, 7) is 5.51. The fourth-order valence-corrected chi connectivity index (χ4v) is 2.11. The lowest BCUT2D eigenvalue weighted by Gasteiger charge is -2.09. The van der Waals surface area contributed by atoms with Crippen molar-refractivity contribution >= 4 is 0 Å². The minimum Gasteiger partial charge on any atom is -0.493 e. The molecule has 0 unspecified atom stereocenters. The van der Waals surface area contributed by atoms with Crippen LogP contribution in [-0.2, 0) is 0 Å². The SMILES string of the molecule is CCCCCCCCOc1ccc(C#CCN)cc1C. The molecule has 0 amide bonds.